The van der Waals surface area contributed by atoms with E-state index >= 15 is 0 Å². The van der Waals surface area contributed by atoms with Crippen LogP contribution in [0.4, 0.5) is 0 Å². The van der Waals surface area contributed by atoms with Gasteiger partial charge >= 0.3 is 0 Å². The molecule has 0 rings (SSSR count). The number of hydrogen-bond acceptors (Lipinski definition) is 2. The molecule has 0 aliphatic carbocycles. The van der Waals surface area contributed by atoms with E-state index in [1.165, 1.54) is 25.7 Å². The molecule has 0 atom stereocenters. The number of aliphatic hydroxyl groups excluding tert-OH is 1. The monoisotopic (exact) mass is 187 g/mol. The summed E-state index contributed by atoms with van der Waals surface area (Å²) in [7, 11) is 0. The third kappa shape index (κ3) is 8.26. The number of nitrogens with one attached hydrogen (secondary N) is 1. The van der Waals surface area contributed by atoms with Crippen LogP contribution in [0.15, 0.2) is 0 Å². The summed E-state index contributed by atoms with van der Waals surface area (Å²) in [6.45, 7) is 6.88. The van der Waals surface area contributed by atoms with E-state index in [0.717, 1.165) is 25.4 Å². The molecule has 0 aliphatic heterocycles. The molecule has 2 nitrogen and oxygen atoms in total. The molecule has 2 heteroatoms. The normalized spacial score (nSPS) is 11.1. The first-order valence-corrected chi connectivity index (χ1v) is 5.66. The first kappa shape index (κ1) is 12.9. The van der Waals surface area contributed by atoms with Gasteiger partial charge < -0.3 is 10.4 Å². The van der Waals surface area contributed by atoms with E-state index in [4.69, 9.17) is 5.11 Å². The Hall–Kier alpha value is -0.0800. The quantitative estimate of drug-likeness (QED) is 0.542. The standard InChI is InChI=1S/C11H25NO/c1-3-6-11(7-4-2)10-12-8-5-9-13/h11-13H,3-10H2,1-2H3. The van der Waals surface area contributed by atoms with Gasteiger partial charge in [0.1, 0.15) is 0 Å². The highest BCUT2D eigenvalue weighted by molar-refractivity contribution is 4.61. The molecule has 0 heterocycles. The fourth-order valence-corrected chi connectivity index (χ4v) is 1.68. The second-order valence-corrected chi connectivity index (χ2v) is 3.72. The van der Waals surface area contributed by atoms with Crippen LogP contribution in [0.25, 0.3) is 0 Å². The maximum Gasteiger partial charge on any atom is 0.0443 e. The molecule has 0 saturated heterocycles. The Morgan fingerprint density at radius 3 is 2.23 bits per heavy atom. The highest BCUT2D eigenvalue weighted by atomic mass is 16.3. The zero-order valence-electron chi connectivity index (χ0n) is 9.18. The second kappa shape index (κ2) is 10.0. The minimum absolute atomic E-state index is 0.305. The molecule has 0 unspecified atom stereocenters. The van der Waals surface area contributed by atoms with Gasteiger partial charge in [0.25, 0.3) is 0 Å². The highest BCUT2D eigenvalue weighted by Crippen LogP contribution is 2.11. The fraction of sp³-hybridized carbons (Fsp3) is 1.00. The van der Waals surface area contributed by atoms with Crippen molar-refractivity contribution in [2.75, 3.05) is 19.7 Å². The van der Waals surface area contributed by atoms with E-state index in [9.17, 15) is 0 Å². The summed E-state index contributed by atoms with van der Waals surface area (Å²) in [5.41, 5.74) is 0. The minimum Gasteiger partial charge on any atom is -0.396 e. The van der Waals surface area contributed by atoms with E-state index in [1.807, 2.05) is 0 Å². The number of rotatable bonds is 9. The number of hydrogen-bond donors (Lipinski definition) is 2. The van der Waals surface area contributed by atoms with E-state index in [1.54, 1.807) is 0 Å². The average Bonchev–Trinajstić information content (AvgIpc) is 2.13. The van der Waals surface area contributed by atoms with Gasteiger partial charge in [-0.05, 0) is 38.3 Å². The van der Waals surface area contributed by atoms with Crippen LogP contribution in [-0.4, -0.2) is 24.8 Å². The van der Waals surface area contributed by atoms with Gasteiger partial charge in [0, 0.05) is 6.61 Å². The molecule has 0 radical (unpaired) electrons. The Morgan fingerprint density at radius 2 is 1.77 bits per heavy atom. The molecular formula is C11H25NO. The molecule has 0 spiro atoms. The first-order valence-electron chi connectivity index (χ1n) is 5.66. The molecule has 0 aliphatic rings. The Kier molecular flexibility index (Phi) is 9.94. The molecule has 2 N–H and O–H groups in total. The maximum absolute atomic E-state index is 8.60. The summed E-state index contributed by atoms with van der Waals surface area (Å²) in [6.07, 6.45) is 6.11. The number of aliphatic hydroxyl groups is 1. The van der Waals surface area contributed by atoms with Crippen molar-refractivity contribution in [2.24, 2.45) is 5.92 Å². The first-order chi connectivity index (χ1) is 6.35. The fourth-order valence-electron chi connectivity index (χ4n) is 1.68. The van der Waals surface area contributed by atoms with Gasteiger partial charge in [-0.2, -0.15) is 0 Å². The van der Waals surface area contributed by atoms with Crippen molar-refractivity contribution in [2.45, 2.75) is 46.0 Å². The smallest absolute Gasteiger partial charge is 0.0443 e. The van der Waals surface area contributed by atoms with Crippen LogP contribution in [0.5, 0.6) is 0 Å². The molecular weight excluding hydrogens is 162 g/mol. The zero-order valence-corrected chi connectivity index (χ0v) is 9.18. The molecule has 13 heavy (non-hydrogen) atoms. The summed E-state index contributed by atoms with van der Waals surface area (Å²) in [5.74, 6) is 0.841. The summed E-state index contributed by atoms with van der Waals surface area (Å²) >= 11 is 0. The van der Waals surface area contributed by atoms with Crippen molar-refractivity contribution in [3.05, 3.63) is 0 Å². The zero-order chi connectivity index (χ0) is 9.94. The van der Waals surface area contributed by atoms with Gasteiger partial charge in [0.05, 0.1) is 0 Å². The predicted octanol–water partition coefficient (Wildman–Crippen LogP) is 2.17. The van der Waals surface area contributed by atoms with Crippen molar-refractivity contribution in [3.63, 3.8) is 0 Å². The molecule has 0 fully saturated rings. The van der Waals surface area contributed by atoms with Crippen LogP contribution in [0.2, 0.25) is 0 Å². The Morgan fingerprint density at radius 1 is 1.15 bits per heavy atom. The lowest BCUT2D eigenvalue weighted by Crippen LogP contribution is -2.24. The van der Waals surface area contributed by atoms with Crippen LogP contribution in [0.3, 0.4) is 0 Å². The predicted molar refractivity (Wildman–Crippen MR) is 57.9 cm³/mol. The highest BCUT2D eigenvalue weighted by Gasteiger charge is 2.04. The Balaban J connectivity index is 3.33. The average molecular weight is 187 g/mol. The van der Waals surface area contributed by atoms with Crippen LogP contribution in [0.1, 0.15) is 46.0 Å². The van der Waals surface area contributed by atoms with Crippen molar-refractivity contribution < 1.29 is 5.11 Å². The van der Waals surface area contributed by atoms with Crippen molar-refractivity contribution >= 4 is 0 Å². The van der Waals surface area contributed by atoms with Gasteiger partial charge in [0.2, 0.25) is 0 Å². The summed E-state index contributed by atoms with van der Waals surface area (Å²) in [4.78, 5) is 0. The van der Waals surface area contributed by atoms with Crippen LogP contribution < -0.4 is 5.32 Å². The van der Waals surface area contributed by atoms with E-state index in [0.29, 0.717) is 6.61 Å². The molecule has 0 bridgehead atoms. The Bertz CT molecular complexity index is 90.1. The van der Waals surface area contributed by atoms with Gasteiger partial charge in [0.15, 0.2) is 0 Å². The lowest BCUT2D eigenvalue weighted by atomic mass is 9.98. The SMILES string of the molecule is CCCC(CCC)CNCCCO. The third-order valence-electron chi connectivity index (χ3n) is 2.34. The van der Waals surface area contributed by atoms with Gasteiger partial charge in [-0.1, -0.05) is 26.7 Å². The second-order valence-electron chi connectivity index (χ2n) is 3.72. The minimum atomic E-state index is 0.305. The molecule has 0 aromatic heterocycles. The summed E-state index contributed by atoms with van der Waals surface area (Å²) in [5, 5.41) is 12.0. The lowest BCUT2D eigenvalue weighted by Gasteiger charge is -2.15. The maximum atomic E-state index is 8.60. The molecule has 0 aromatic rings. The van der Waals surface area contributed by atoms with Gasteiger partial charge in [-0.15, -0.1) is 0 Å². The summed E-state index contributed by atoms with van der Waals surface area (Å²) in [6, 6.07) is 0. The largest absolute Gasteiger partial charge is 0.396 e. The van der Waals surface area contributed by atoms with Crippen molar-refractivity contribution in [3.8, 4) is 0 Å². The van der Waals surface area contributed by atoms with Gasteiger partial charge in [-0.25, -0.2) is 0 Å². The Labute approximate surface area is 82.7 Å². The third-order valence-corrected chi connectivity index (χ3v) is 2.34. The van der Waals surface area contributed by atoms with Gasteiger partial charge in [-0.3, -0.25) is 0 Å². The molecule has 80 valence electrons. The molecule has 0 aromatic carbocycles. The van der Waals surface area contributed by atoms with E-state index < -0.39 is 0 Å². The van der Waals surface area contributed by atoms with Crippen LogP contribution in [-0.2, 0) is 0 Å². The van der Waals surface area contributed by atoms with Crippen LogP contribution >= 0.6 is 0 Å². The van der Waals surface area contributed by atoms with E-state index in [2.05, 4.69) is 19.2 Å². The molecule has 0 amide bonds. The van der Waals surface area contributed by atoms with Crippen molar-refractivity contribution in [1.82, 2.24) is 5.32 Å². The topological polar surface area (TPSA) is 32.3 Å². The lowest BCUT2D eigenvalue weighted by molar-refractivity contribution is 0.283. The van der Waals surface area contributed by atoms with Crippen LogP contribution in [0, 0.1) is 5.92 Å². The molecule has 0 saturated carbocycles. The summed E-state index contributed by atoms with van der Waals surface area (Å²) < 4.78 is 0. The van der Waals surface area contributed by atoms with Crippen molar-refractivity contribution in [1.29, 1.82) is 0 Å². The van der Waals surface area contributed by atoms with E-state index in [-0.39, 0.29) is 0 Å².